The Morgan fingerprint density at radius 2 is 1.17 bits per heavy atom. The minimum absolute atomic E-state index is 0.109. The Hall–Kier alpha value is -3.10. The third-order valence-corrected chi connectivity index (χ3v) is 8.48. The number of hydrogen-bond acceptors (Lipinski definition) is 6. The largest absolute Gasteiger partial charge is 0.497 e. The molecule has 3 aromatic carbocycles. The number of hydrogen-bond donors (Lipinski definition) is 1. The molecule has 29 heavy (non-hydrogen) atoms. The maximum Gasteiger partial charge on any atom is 0.219 e. The van der Waals surface area contributed by atoms with Crippen molar-refractivity contribution in [2.75, 3.05) is 12.4 Å². The molecule has 0 aromatic heterocycles. The Balaban J connectivity index is 2.11. The zero-order chi connectivity index (χ0) is 20.9. The van der Waals surface area contributed by atoms with Crippen molar-refractivity contribution in [2.45, 2.75) is 9.79 Å². The van der Waals surface area contributed by atoms with Gasteiger partial charge < -0.3 is 10.1 Å². The van der Waals surface area contributed by atoms with Crippen molar-refractivity contribution in [1.82, 2.24) is 0 Å². The van der Waals surface area contributed by atoms with Gasteiger partial charge >= 0.3 is 0 Å². The van der Waals surface area contributed by atoms with Crippen molar-refractivity contribution in [1.29, 1.82) is 0 Å². The van der Waals surface area contributed by atoms with Crippen molar-refractivity contribution >= 4 is 25.4 Å². The molecular weight excluding hydrogens is 410 g/mol. The summed E-state index contributed by atoms with van der Waals surface area (Å²) in [6.07, 6.45) is 1.01. The van der Waals surface area contributed by atoms with E-state index < -0.39 is 23.9 Å². The van der Waals surface area contributed by atoms with Gasteiger partial charge in [0.15, 0.2) is 4.24 Å². The Kier molecular flexibility index (Phi) is 6.05. The molecule has 150 valence electrons. The Morgan fingerprint density at radius 1 is 0.724 bits per heavy atom. The second-order valence-corrected chi connectivity index (χ2v) is 10.1. The summed E-state index contributed by atoms with van der Waals surface area (Å²) in [5, 5.41) is 2.77. The summed E-state index contributed by atoms with van der Waals surface area (Å²) in [5.41, 5.74) is 0.509. The van der Waals surface area contributed by atoms with Gasteiger partial charge in [0.2, 0.25) is 19.7 Å². The van der Waals surface area contributed by atoms with Gasteiger partial charge in [-0.1, -0.05) is 36.4 Å². The highest BCUT2D eigenvalue weighted by Gasteiger charge is 2.33. The Labute approximate surface area is 170 Å². The van der Waals surface area contributed by atoms with Gasteiger partial charge in [0.1, 0.15) is 5.75 Å². The maximum absolute atomic E-state index is 13.2. The van der Waals surface area contributed by atoms with Crippen LogP contribution in [0.4, 0.5) is 5.69 Å². The van der Waals surface area contributed by atoms with Crippen LogP contribution < -0.4 is 10.1 Å². The summed E-state index contributed by atoms with van der Waals surface area (Å²) in [7, 11) is -7.08. The van der Waals surface area contributed by atoms with Gasteiger partial charge in [-0.2, -0.15) is 0 Å². The van der Waals surface area contributed by atoms with Crippen LogP contribution in [-0.2, 0) is 19.7 Å². The molecule has 0 amide bonds. The number of ether oxygens (including phenoxy) is 1. The fraction of sp³-hybridized carbons (Fsp3) is 0.0476. The first kappa shape index (κ1) is 20.6. The van der Waals surface area contributed by atoms with E-state index in [-0.39, 0.29) is 9.79 Å². The molecule has 0 bridgehead atoms. The summed E-state index contributed by atoms with van der Waals surface area (Å²) in [6, 6.07) is 21.5. The van der Waals surface area contributed by atoms with E-state index in [1.54, 1.807) is 36.4 Å². The number of methoxy groups -OCH3 is 1. The summed E-state index contributed by atoms with van der Waals surface area (Å²) in [5.74, 6) is 0.619. The highest BCUT2D eigenvalue weighted by Crippen LogP contribution is 2.29. The van der Waals surface area contributed by atoms with Gasteiger partial charge in [0.25, 0.3) is 0 Å². The second-order valence-electron chi connectivity index (χ2n) is 5.97. The summed E-state index contributed by atoms with van der Waals surface area (Å²) >= 11 is 0. The van der Waals surface area contributed by atoms with Crippen molar-refractivity contribution in [3.05, 3.63) is 95.4 Å². The quantitative estimate of drug-likeness (QED) is 0.614. The van der Waals surface area contributed by atoms with Gasteiger partial charge in [-0.15, -0.1) is 0 Å². The first-order valence-electron chi connectivity index (χ1n) is 8.57. The molecule has 3 rings (SSSR count). The average Bonchev–Trinajstić information content (AvgIpc) is 2.75. The van der Waals surface area contributed by atoms with E-state index >= 15 is 0 Å². The molecule has 0 radical (unpaired) electrons. The molecule has 0 aliphatic rings. The van der Waals surface area contributed by atoms with Gasteiger partial charge in [-0.25, -0.2) is 16.8 Å². The van der Waals surface area contributed by atoms with Crippen LogP contribution in [0.3, 0.4) is 0 Å². The molecule has 0 aliphatic heterocycles. The number of rotatable bonds is 7. The molecular formula is C21H19NO5S2. The summed E-state index contributed by atoms with van der Waals surface area (Å²) in [6.45, 7) is 0. The monoisotopic (exact) mass is 429 g/mol. The van der Waals surface area contributed by atoms with E-state index in [0.717, 1.165) is 6.20 Å². The van der Waals surface area contributed by atoms with Crippen molar-refractivity contribution in [2.24, 2.45) is 0 Å². The molecule has 0 unspecified atom stereocenters. The molecule has 0 heterocycles. The van der Waals surface area contributed by atoms with Crippen molar-refractivity contribution < 1.29 is 21.6 Å². The Morgan fingerprint density at radius 3 is 1.59 bits per heavy atom. The van der Waals surface area contributed by atoms with Gasteiger partial charge in [0, 0.05) is 11.9 Å². The summed E-state index contributed by atoms with van der Waals surface area (Å²) < 4.78 is 57.0. The van der Waals surface area contributed by atoms with E-state index in [1.165, 1.54) is 55.6 Å². The molecule has 0 saturated carbocycles. The van der Waals surface area contributed by atoms with E-state index in [4.69, 9.17) is 4.74 Å². The number of nitrogens with one attached hydrogen (secondary N) is 1. The average molecular weight is 430 g/mol. The van der Waals surface area contributed by atoms with E-state index in [1.807, 2.05) is 0 Å². The molecule has 0 aliphatic carbocycles. The van der Waals surface area contributed by atoms with Gasteiger partial charge in [-0.05, 0) is 48.5 Å². The molecule has 0 spiro atoms. The maximum atomic E-state index is 13.2. The van der Waals surface area contributed by atoms with Crippen LogP contribution in [0.5, 0.6) is 5.75 Å². The predicted octanol–water partition coefficient (Wildman–Crippen LogP) is 3.85. The van der Waals surface area contributed by atoms with Crippen LogP contribution in [0.15, 0.2) is 105 Å². The fourth-order valence-corrected chi connectivity index (χ4v) is 6.22. The topological polar surface area (TPSA) is 89.5 Å². The lowest BCUT2D eigenvalue weighted by Crippen LogP contribution is -2.16. The van der Waals surface area contributed by atoms with Crippen molar-refractivity contribution in [3.63, 3.8) is 0 Å². The van der Waals surface area contributed by atoms with Crippen LogP contribution in [0.1, 0.15) is 0 Å². The predicted molar refractivity (Wildman–Crippen MR) is 112 cm³/mol. The van der Waals surface area contributed by atoms with Crippen LogP contribution >= 0.6 is 0 Å². The standard InChI is InChI=1S/C21H19NO5S2/c1-27-18-14-12-17(13-15-18)22-16-21(28(23,24)19-8-4-2-5-9-19)29(25,26)20-10-6-3-7-11-20/h2-16,22H,1H3. The highest BCUT2D eigenvalue weighted by molar-refractivity contribution is 8.14. The second kappa shape index (κ2) is 8.50. The van der Waals surface area contributed by atoms with Gasteiger partial charge in [0.05, 0.1) is 16.9 Å². The Bertz CT molecular complexity index is 1130. The number of anilines is 1. The van der Waals surface area contributed by atoms with Crippen LogP contribution in [0.25, 0.3) is 0 Å². The highest BCUT2D eigenvalue weighted by atomic mass is 32.3. The fourth-order valence-electron chi connectivity index (χ4n) is 2.56. The lowest BCUT2D eigenvalue weighted by molar-refractivity contribution is 0.415. The zero-order valence-electron chi connectivity index (χ0n) is 15.5. The number of sulfone groups is 2. The van der Waals surface area contributed by atoms with E-state index in [0.29, 0.717) is 11.4 Å². The molecule has 8 heteroatoms. The normalized spacial score (nSPS) is 11.5. The first-order valence-corrected chi connectivity index (χ1v) is 11.5. The third kappa shape index (κ3) is 4.49. The molecule has 6 nitrogen and oxygen atoms in total. The van der Waals surface area contributed by atoms with Gasteiger partial charge in [-0.3, -0.25) is 0 Å². The molecule has 3 aromatic rings. The first-order chi connectivity index (χ1) is 13.9. The zero-order valence-corrected chi connectivity index (χ0v) is 17.2. The smallest absolute Gasteiger partial charge is 0.219 e. The van der Waals surface area contributed by atoms with E-state index in [9.17, 15) is 16.8 Å². The molecule has 1 N–H and O–H groups in total. The minimum atomic E-state index is -4.30. The minimum Gasteiger partial charge on any atom is -0.497 e. The van der Waals surface area contributed by atoms with E-state index in [2.05, 4.69) is 5.32 Å². The summed E-state index contributed by atoms with van der Waals surface area (Å²) in [4.78, 5) is -0.218. The van der Waals surface area contributed by atoms with Crippen molar-refractivity contribution in [3.8, 4) is 5.75 Å². The lowest BCUT2D eigenvalue weighted by atomic mass is 10.3. The molecule has 0 fully saturated rings. The van der Waals surface area contributed by atoms with Crippen LogP contribution in [-0.4, -0.2) is 23.9 Å². The lowest BCUT2D eigenvalue weighted by Gasteiger charge is -2.12. The molecule has 0 atom stereocenters. The third-order valence-electron chi connectivity index (χ3n) is 4.08. The molecule has 0 saturated heterocycles. The van der Waals surface area contributed by atoms with Crippen LogP contribution in [0, 0.1) is 0 Å². The van der Waals surface area contributed by atoms with Crippen LogP contribution in [0.2, 0.25) is 0 Å². The SMILES string of the molecule is COc1ccc(NC=C(S(=O)(=O)c2ccccc2)S(=O)(=O)c2ccccc2)cc1. The number of benzene rings is 3.